The van der Waals surface area contributed by atoms with E-state index in [0.29, 0.717) is 34.1 Å². The van der Waals surface area contributed by atoms with Crippen molar-refractivity contribution < 1.29 is 4.39 Å². The quantitative estimate of drug-likeness (QED) is 0.483. The van der Waals surface area contributed by atoms with E-state index in [9.17, 15) is 0 Å². The highest BCUT2D eigenvalue weighted by Gasteiger charge is 2.24. The van der Waals surface area contributed by atoms with Crippen LogP contribution >= 0.6 is 0 Å². The maximum absolute atomic E-state index is 15.1. The Morgan fingerprint density at radius 1 is 1.03 bits per heavy atom. The fourth-order valence-electron chi connectivity index (χ4n) is 4.56. The van der Waals surface area contributed by atoms with Gasteiger partial charge in [-0.05, 0) is 83.5 Å². The van der Waals surface area contributed by atoms with Crippen molar-refractivity contribution in [1.29, 1.82) is 0 Å². The summed E-state index contributed by atoms with van der Waals surface area (Å²) in [7, 11) is 0. The van der Waals surface area contributed by atoms with E-state index in [2.05, 4.69) is 39.0 Å². The topological polar surface area (TPSA) is 59.2 Å². The van der Waals surface area contributed by atoms with Crippen LogP contribution in [-0.4, -0.2) is 48.8 Å². The van der Waals surface area contributed by atoms with Gasteiger partial charge in [-0.1, -0.05) is 0 Å². The second kappa shape index (κ2) is 7.64. The van der Waals surface area contributed by atoms with Gasteiger partial charge in [0, 0.05) is 22.9 Å². The minimum Gasteiger partial charge on any atom is -0.301 e. The summed E-state index contributed by atoms with van der Waals surface area (Å²) in [6, 6.07) is 7.80. The Labute approximate surface area is 181 Å². The number of likely N-dealkylation sites (tertiary alicyclic amines) is 1. The SMILES string of the molecule is Cc1cn2nc(-c3cc(F)c4cc(C5CCN(C(C)C)CC5)nnc4c3)cc(C)c2n1. The van der Waals surface area contributed by atoms with Crippen molar-refractivity contribution in [2.75, 3.05) is 13.1 Å². The van der Waals surface area contributed by atoms with Gasteiger partial charge in [-0.3, -0.25) is 0 Å². The summed E-state index contributed by atoms with van der Waals surface area (Å²) in [6.45, 7) is 10.5. The van der Waals surface area contributed by atoms with Gasteiger partial charge in [-0.25, -0.2) is 13.9 Å². The lowest BCUT2D eigenvalue weighted by Crippen LogP contribution is -2.38. The Hall–Kier alpha value is -2.93. The van der Waals surface area contributed by atoms with Gasteiger partial charge < -0.3 is 4.90 Å². The Balaban J connectivity index is 1.49. The molecule has 1 fully saturated rings. The number of fused-ring (bicyclic) bond motifs is 2. The molecular weight excluding hydrogens is 391 g/mol. The Kier molecular flexibility index (Phi) is 4.93. The number of nitrogens with zero attached hydrogens (tertiary/aromatic N) is 6. The molecule has 0 N–H and O–H groups in total. The van der Waals surface area contributed by atoms with Crippen molar-refractivity contribution in [2.45, 2.75) is 52.5 Å². The predicted octanol–water partition coefficient (Wildman–Crippen LogP) is 4.68. The third-order valence-corrected chi connectivity index (χ3v) is 6.38. The van der Waals surface area contributed by atoms with E-state index >= 15 is 4.39 Å². The zero-order valence-electron chi connectivity index (χ0n) is 18.4. The van der Waals surface area contributed by atoms with Crippen LogP contribution in [0, 0.1) is 19.7 Å². The lowest BCUT2D eigenvalue weighted by Gasteiger charge is -2.34. The molecule has 7 heteroatoms. The van der Waals surface area contributed by atoms with Gasteiger partial charge in [0.1, 0.15) is 5.82 Å². The van der Waals surface area contributed by atoms with Crippen LogP contribution in [0.3, 0.4) is 0 Å². The normalized spacial score (nSPS) is 16.1. The van der Waals surface area contributed by atoms with Crippen LogP contribution in [0.1, 0.15) is 49.6 Å². The van der Waals surface area contributed by atoms with Gasteiger partial charge in [0.15, 0.2) is 5.65 Å². The summed E-state index contributed by atoms with van der Waals surface area (Å²) in [4.78, 5) is 6.96. The molecule has 0 unspecified atom stereocenters. The van der Waals surface area contributed by atoms with Gasteiger partial charge >= 0.3 is 0 Å². The smallest absolute Gasteiger partial charge is 0.156 e. The van der Waals surface area contributed by atoms with E-state index in [1.165, 1.54) is 0 Å². The predicted molar refractivity (Wildman–Crippen MR) is 120 cm³/mol. The van der Waals surface area contributed by atoms with Gasteiger partial charge in [0.25, 0.3) is 0 Å². The summed E-state index contributed by atoms with van der Waals surface area (Å²) < 4.78 is 16.9. The minimum atomic E-state index is -0.287. The molecule has 0 atom stereocenters. The molecular formula is C24H27FN6. The monoisotopic (exact) mass is 418 g/mol. The van der Waals surface area contributed by atoms with E-state index in [4.69, 9.17) is 0 Å². The number of rotatable bonds is 3. The molecule has 0 saturated carbocycles. The molecule has 1 aliphatic heterocycles. The number of hydrogen-bond acceptors (Lipinski definition) is 5. The number of benzene rings is 1. The zero-order chi connectivity index (χ0) is 21.7. The number of halogens is 1. The van der Waals surface area contributed by atoms with Crippen LogP contribution < -0.4 is 0 Å². The number of aryl methyl sites for hydroxylation is 2. The second-order valence-electron chi connectivity index (χ2n) is 8.93. The number of piperidine rings is 1. The molecule has 4 heterocycles. The second-order valence-corrected chi connectivity index (χ2v) is 8.93. The first-order valence-electron chi connectivity index (χ1n) is 10.9. The lowest BCUT2D eigenvalue weighted by atomic mass is 9.92. The van der Waals surface area contributed by atoms with Crippen LogP contribution in [0.2, 0.25) is 0 Å². The number of imidazole rings is 1. The molecule has 6 nitrogen and oxygen atoms in total. The molecule has 1 saturated heterocycles. The van der Waals surface area contributed by atoms with Crippen molar-refractivity contribution in [3.05, 3.63) is 53.2 Å². The molecule has 160 valence electrons. The maximum atomic E-state index is 15.1. The number of aromatic nitrogens is 5. The van der Waals surface area contributed by atoms with E-state index in [1.54, 1.807) is 10.6 Å². The van der Waals surface area contributed by atoms with Crippen molar-refractivity contribution in [1.82, 2.24) is 29.7 Å². The van der Waals surface area contributed by atoms with Crippen LogP contribution in [0.25, 0.3) is 27.8 Å². The van der Waals surface area contributed by atoms with Crippen molar-refractivity contribution in [3.63, 3.8) is 0 Å². The average Bonchev–Trinajstić information content (AvgIpc) is 3.14. The lowest BCUT2D eigenvalue weighted by molar-refractivity contribution is 0.170. The van der Waals surface area contributed by atoms with Gasteiger partial charge in [-0.15, -0.1) is 0 Å². The molecule has 5 rings (SSSR count). The highest BCUT2D eigenvalue weighted by atomic mass is 19.1. The molecule has 1 aliphatic rings. The maximum Gasteiger partial charge on any atom is 0.156 e. The number of hydrogen-bond donors (Lipinski definition) is 0. The molecule has 0 spiro atoms. The fraction of sp³-hybridized carbons (Fsp3) is 0.417. The summed E-state index contributed by atoms with van der Waals surface area (Å²) >= 11 is 0. The molecule has 0 aliphatic carbocycles. The highest BCUT2D eigenvalue weighted by molar-refractivity contribution is 5.84. The Morgan fingerprint density at radius 2 is 1.81 bits per heavy atom. The molecule has 31 heavy (non-hydrogen) atoms. The Bertz CT molecular complexity index is 1270. The molecule has 3 aromatic heterocycles. The first kappa shape index (κ1) is 20.0. The van der Waals surface area contributed by atoms with Crippen molar-refractivity contribution in [2.24, 2.45) is 0 Å². The first-order chi connectivity index (χ1) is 14.9. The highest BCUT2D eigenvalue weighted by Crippen LogP contribution is 2.31. The van der Waals surface area contributed by atoms with E-state index < -0.39 is 0 Å². The summed E-state index contributed by atoms with van der Waals surface area (Å²) in [6.07, 6.45) is 3.94. The minimum absolute atomic E-state index is 0.287. The van der Waals surface area contributed by atoms with Crippen LogP contribution in [0.15, 0.2) is 30.5 Å². The third-order valence-electron chi connectivity index (χ3n) is 6.38. The van der Waals surface area contributed by atoms with Crippen LogP contribution in [0.5, 0.6) is 0 Å². The van der Waals surface area contributed by atoms with Gasteiger partial charge in [0.05, 0.1) is 28.8 Å². The Morgan fingerprint density at radius 3 is 2.55 bits per heavy atom. The molecule has 0 amide bonds. The zero-order valence-corrected chi connectivity index (χ0v) is 18.4. The van der Waals surface area contributed by atoms with Gasteiger partial charge in [0.2, 0.25) is 0 Å². The van der Waals surface area contributed by atoms with Crippen LogP contribution in [0.4, 0.5) is 4.39 Å². The van der Waals surface area contributed by atoms with Crippen molar-refractivity contribution in [3.8, 4) is 11.3 Å². The van der Waals surface area contributed by atoms with Crippen LogP contribution in [-0.2, 0) is 0 Å². The third kappa shape index (κ3) is 3.67. The van der Waals surface area contributed by atoms with Crippen molar-refractivity contribution >= 4 is 16.6 Å². The molecule has 4 aromatic rings. The molecule has 0 radical (unpaired) electrons. The largest absolute Gasteiger partial charge is 0.301 e. The van der Waals surface area contributed by atoms with E-state index in [-0.39, 0.29) is 5.82 Å². The van der Waals surface area contributed by atoms with E-state index in [0.717, 1.165) is 48.5 Å². The molecule has 1 aromatic carbocycles. The fourth-order valence-corrected chi connectivity index (χ4v) is 4.56. The van der Waals surface area contributed by atoms with Gasteiger partial charge in [-0.2, -0.15) is 15.3 Å². The summed E-state index contributed by atoms with van der Waals surface area (Å²) in [5, 5.41) is 14.0. The molecule has 0 bridgehead atoms. The average molecular weight is 419 g/mol. The summed E-state index contributed by atoms with van der Waals surface area (Å²) in [5.74, 6) is 0.0480. The van der Waals surface area contributed by atoms with E-state index in [1.807, 2.05) is 38.2 Å². The first-order valence-corrected chi connectivity index (χ1v) is 10.9. The standard InChI is InChI=1S/C24H27FN6/c1-14(2)30-7-5-17(6-8-30)21-12-19-20(25)10-18(11-23(19)28-27-21)22-9-15(3)24-26-16(4)13-31(24)29-22/h9-14,17H,5-8H2,1-4H3. The summed E-state index contributed by atoms with van der Waals surface area (Å²) in [5.41, 5.74) is 5.54.